The van der Waals surface area contributed by atoms with E-state index < -0.39 is 0 Å². The van der Waals surface area contributed by atoms with Crippen LogP contribution in [0, 0.1) is 5.92 Å². The van der Waals surface area contributed by atoms with Crippen LogP contribution >= 0.6 is 12.4 Å². The Kier molecular flexibility index (Phi) is 9.73. The number of piperidine rings is 1. The summed E-state index contributed by atoms with van der Waals surface area (Å²) < 4.78 is 5.90. The van der Waals surface area contributed by atoms with Crippen molar-refractivity contribution < 1.29 is 14.3 Å². The Morgan fingerprint density at radius 3 is 2.16 bits per heavy atom. The Morgan fingerprint density at radius 1 is 0.968 bits per heavy atom. The molecule has 0 aliphatic carbocycles. The zero-order valence-electron chi connectivity index (χ0n) is 18.7. The molecule has 4 nitrogen and oxygen atoms in total. The molecular weight excluding hydrogens is 410 g/mol. The lowest BCUT2D eigenvalue weighted by Crippen LogP contribution is -2.45. The molecule has 0 N–H and O–H groups in total. The van der Waals surface area contributed by atoms with Gasteiger partial charge in [-0.2, -0.15) is 0 Å². The van der Waals surface area contributed by atoms with Crippen LogP contribution in [0.15, 0.2) is 60.7 Å². The molecule has 3 atom stereocenters. The zero-order chi connectivity index (χ0) is 21.5. The summed E-state index contributed by atoms with van der Waals surface area (Å²) in [5.41, 5.74) is 1.81. The second kappa shape index (κ2) is 12.0. The molecule has 2 aromatic rings. The number of benzene rings is 2. The van der Waals surface area contributed by atoms with E-state index in [0.29, 0.717) is 6.42 Å². The topological polar surface area (TPSA) is 46.6 Å². The number of Topliss-reactive ketones (excluding diaryl/α,β-unsaturated/α-hetero) is 1. The third kappa shape index (κ3) is 6.91. The molecule has 0 bridgehead atoms. The highest BCUT2D eigenvalue weighted by Gasteiger charge is 2.32. The first-order valence-electron chi connectivity index (χ1n) is 11.0. The van der Waals surface area contributed by atoms with E-state index in [4.69, 9.17) is 4.74 Å². The van der Waals surface area contributed by atoms with E-state index in [9.17, 15) is 9.59 Å². The van der Waals surface area contributed by atoms with E-state index in [0.717, 1.165) is 36.8 Å². The van der Waals surface area contributed by atoms with Crippen LogP contribution in [0.3, 0.4) is 0 Å². The molecule has 3 unspecified atom stereocenters. The average molecular weight is 444 g/mol. The van der Waals surface area contributed by atoms with Crippen molar-refractivity contribution in [2.45, 2.75) is 64.1 Å². The third-order valence-corrected chi connectivity index (χ3v) is 6.13. The molecule has 168 valence electrons. The number of rotatable bonds is 8. The molecule has 0 saturated carbocycles. The van der Waals surface area contributed by atoms with Crippen molar-refractivity contribution in [2.24, 2.45) is 5.92 Å². The Bertz CT molecular complexity index is 825. The molecule has 0 amide bonds. The molecular formula is C26H34ClNO3. The molecule has 31 heavy (non-hydrogen) atoms. The number of nitrogens with zero attached hydrogens (tertiary/aromatic N) is 1. The molecule has 3 rings (SSSR count). The van der Waals surface area contributed by atoms with Crippen molar-refractivity contribution >= 4 is 24.2 Å². The van der Waals surface area contributed by atoms with Crippen molar-refractivity contribution in [3.63, 3.8) is 0 Å². The number of hydrogen-bond acceptors (Lipinski definition) is 4. The van der Waals surface area contributed by atoms with Gasteiger partial charge in [0.15, 0.2) is 5.78 Å². The Balaban J connectivity index is 0.00000341. The van der Waals surface area contributed by atoms with E-state index >= 15 is 0 Å². The molecule has 0 spiro atoms. The summed E-state index contributed by atoms with van der Waals surface area (Å²) in [4.78, 5) is 27.4. The molecule has 5 heteroatoms. The average Bonchev–Trinajstić information content (AvgIpc) is 2.77. The van der Waals surface area contributed by atoms with Gasteiger partial charge in [-0.1, -0.05) is 80.9 Å². The quantitative estimate of drug-likeness (QED) is 0.378. The molecule has 0 radical (unpaired) electrons. The SMILES string of the molecule is CC(C)C(=O)OC(CC1CCCC(CC(=O)c2ccccc2)N1C)c1ccccc1.Cl. The lowest BCUT2D eigenvalue weighted by Gasteiger charge is -2.41. The first-order chi connectivity index (χ1) is 14.5. The summed E-state index contributed by atoms with van der Waals surface area (Å²) in [6.07, 6.45) is 4.16. The van der Waals surface area contributed by atoms with Gasteiger partial charge in [0.05, 0.1) is 5.92 Å². The summed E-state index contributed by atoms with van der Waals surface area (Å²) in [6.45, 7) is 3.73. The van der Waals surface area contributed by atoms with Crippen LogP contribution < -0.4 is 0 Å². The van der Waals surface area contributed by atoms with E-state index in [1.165, 1.54) is 0 Å². The number of hydrogen-bond donors (Lipinski definition) is 0. The van der Waals surface area contributed by atoms with Crippen molar-refractivity contribution in [3.8, 4) is 0 Å². The van der Waals surface area contributed by atoms with Crippen LogP contribution in [0.2, 0.25) is 0 Å². The summed E-state index contributed by atoms with van der Waals surface area (Å²) in [7, 11) is 2.11. The minimum atomic E-state index is -0.267. The van der Waals surface area contributed by atoms with Gasteiger partial charge in [-0.15, -0.1) is 12.4 Å². The van der Waals surface area contributed by atoms with Gasteiger partial charge in [0.25, 0.3) is 0 Å². The molecule has 1 aliphatic rings. The molecule has 1 saturated heterocycles. The zero-order valence-corrected chi connectivity index (χ0v) is 19.5. The highest BCUT2D eigenvalue weighted by atomic mass is 35.5. The van der Waals surface area contributed by atoms with Crippen LogP contribution in [0.25, 0.3) is 0 Å². The predicted molar refractivity (Wildman–Crippen MR) is 127 cm³/mol. The molecule has 1 heterocycles. The molecule has 2 aromatic carbocycles. The second-order valence-corrected chi connectivity index (χ2v) is 8.62. The standard InChI is InChI=1S/C26H33NO3.ClH/c1-19(2)26(29)30-25(21-13-8-5-9-14-21)18-23-16-10-15-22(27(23)3)17-24(28)20-11-6-4-7-12-20;/h4-9,11-14,19,22-23,25H,10,15-18H2,1-3H3;1H. The van der Waals surface area contributed by atoms with Gasteiger partial charge < -0.3 is 4.74 Å². The van der Waals surface area contributed by atoms with Crippen LogP contribution in [-0.4, -0.2) is 35.8 Å². The van der Waals surface area contributed by atoms with Crippen molar-refractivity contribution in [3.05, 3.63) is 71.8 Å². The third-order valence-electron chi connectivity index (χ3n) is 6.13. The Morgan fingerprint density at radius 2 is 1.55 bits per heavy atom. The molecule has 1 aliphatic heterocycles. The number of carbonyl (C=O) groups excluding carboxylic acids is 2. The highest BCUT2D eigenvalue weighted by molar-refractivity contribution is 5.96. The summed E-state index contributed by atoms with van der Waals surface area (Å²) in [6, 6.07) is 20.0. The maximum absolute atomic E-state index is 12.7. The van der Waals surface area contributed by atoms with E-state index in [1.807, 2.05) is 74.5 Å². The summed E-state index contributed by atoms with van der Waals surface area (Å²) in [5, 5.41) is 0. The number of esters is 1. The van der Waals surface area contributed by atoms with Gasteiger partial charge in [-0.05, 0) is 25.5 Å². The van der Waals surface area contributed by atoms with Gasteiger partial charge >= 0.3 is 5.97 Å². The molecule has 1 fully saturated rings. The molecule has 0 aromatic heterocycles. The van der Waals surface area contributed by atoms with Crippen molar-refractivity contribution in [1.82, 2.24) is 4.90 Å². The van der Waals surface area contributed by atoms with E-state index in [1.54, 1.807) is 0 Å². The monoisotopic (exact) mass is 443 g/mol. The lowest BCUT2D eigenvalue weighted by molar-refractivity contribution is -0.154. The number of ether oxygens (including phenoxy) is 1. The van der Waals surface area contributed by atoms with E-state index in [-0.39, 0.29) is 48.3 Å². The maximum atomic E-state index is 12.7. The van der Waals surface area contributed by atoms with Crippen molar-refractivity contribution in [1.29, 1.82) is 0 Å². The van der Waals surface area contributed by atoms with Gasteiger partial charge in [0.2, 0.25) is 0 Å². The number of carbonyl (C=O) groups is 2. The summed E-state index contributed by atoms with van der Waals surface area (Å²) in [5.74, 6) is -0.131. The summed E-state index contributed by atoms with van der Waals surface area (Å²) >= 11 is 0. The Labute approximate surface area is 192 Å². The fraction of sp³-hybridized carbons (Fsp3) is 0.462. The van der Waals surface area contributed by atoms with Gasteiger partial charge in [-0.3, -0.25) is 14.5 Å². The van der Waals surface area contributed by atoms with Crippen LogP contribution in [0.1, 0.15) is 68.0 Å². The van der Waals surface area contributed by atoms with Crippen LogP contribution in [0.5, 0.6) is 0 Å². The van der Waals surface area contributed by atoms with Gasteiger partial charge in [0.1, 0.15) is 6.10 Å². The number of ketones is 1. The normalized spacial score (nSPS) is 20.0. The number of likely N-dealkylation sites (tertiary alicyclic amines) is 1. The largest absolute Gasteiger partial charge is 0.457 e. The fourth-order valence-electron chi connectivity index (χ4n) is 4.22. The first kappa shape index (κ1) is 25.1. The second-order valence-electron chi connectivity index (χ2n) is 8.62. The predicted octanol–water partition coefficient (Wildman–Crippen LogP) is 5.86. The van der Waals surface area contributed by atoms with E-state index in [2.05, 4.69) is 11.9 Å². The minimum absolute atomic E-state index is 0. The number of halogens is 1. The maximum Gasteiger partial charge on any atom is 0.308 e. The van der Waals surface area contributed by atoms with Gasteiger partial charge in [-0.25, -0.2) is 0 Å². The highest BCUT2D eigenvalue weighted by Crippen LogP contribution is 2.32. The minimum Gasteiger partial charge on any atom is -0.457 e. The fourth-order valence-corrected chi connectivity index (χ4v) is 4.22. The van der Waals surface area contributed by atoms with Gasteiger partial charge in [0, 0.05) is 30.5 Å². The van der Waals surface area contributed by atoms with Crippen molar-refractivity contribution in [2.75, 3.05) is 7.05 Å². The van der Waals surface area contributed by atoms with Crippen LogP contribution in [-0.2, 0) is 9.53 Å². The Hall–Kier alpha value is -2.17. The lowest BCUT2D eigenvalue weighted by atomic mass is 9.88. The van der Waals surface area contributed by atoms with Crippen LogP contribution in [0.4, 0.5) is 0 Å². The first-order valence-corrected chi connectivity index (χ1v) is 11.0. The smallest absolute Gasteiger partial charge is 0.308 e.